The minimum atomic E-state index is -3.76. The van der Waals surface area contributed by atoms with Crippen LogP contribution in [0.4, 0.5) is 5.69 Å². The number of hydrogen-bond donors (Lipinski definition) is 2. The fourth-order valence-corrected chi connectivity index (χ4v) is 4.16. The Labute approximate surface area is 191 Å². The minimum absolute atomic E-state index is 0.000435. The molecular formula is C22H20Cl2N2O4S. The van der Waals surface area contributed by atoms with Crippen LogP contribution in [0.15, 0.2) is 71.6 Å². The molecule has 2 N–H and O–H groups in total. The molecule has 0 unspecified atom stereocenters. The molecule has 31 heavy (non-hydrogen) atoms. The molecule has 9 heteroatoms. The smallest absolute Gasteiger partial charge is 0.262 e. The fraction of sp³-hybridized carbons (Fsp3) is 0.136. The summed E-state index contributed by atoms with van der Waals surface area (Å²) in [5.74, 6) is -0.210. The van der Waals surface area contributed by atoms with Crippen LogP contribution >= 0.6 is 23.2 Å². The summed E-state index contributed by atoms with van der Waals surface area (Å²) in [4.78, 5) is 12.1. The first-order valence-electron chi connectivity index (χ1n) is 9.26. The first-order chi connectivity index (χ1) is 14.7. The van der Waals surface area contributed by atoms with Gasteiger partial charge in [0.05, 0.1) is 9.92 Å². The monoisotopic (exact) mass is 478 g/mol. The number of sulfonamides is 1. The first kappa shape index (κ1) is 23.1. The molecule has 0 bridgehead atoms. The Morgan fingerprint density at radius 1 is 0.968 bits per heavy atom. The van der Waals surface area contributed by atoms with Crippen LogP contribution in [-0.4, -0.2) is 20.9 Å². The van der Waals surface area contributed by atoms with Gasteiger partial charge < -0.3 is 10.1 Å². The number of benzene rings is 3. The number of rotatable bonds is 8. The van der Waals surface area contributed by atoms with Crippen molar-refractivity contribution in [2.24, 2.45) is 0 Å². The van der Waals surface area contributed by atoms with Crippen molar-refractivity contribution in [2.45, 2.75) is 18.4 Å². The Hall–Kier alpha value is -2.58. The second-order valence-corrected chi connectivity index (χ2v) is 9.28. The van der Waals surface area contributed by atoms with E-state index in [9.17, 15) is 13.2 Å². The van der Waals surface area contributed by atoms with Crippen LogP contribution in [0.5, 0.6) is 5.75 Å². The maximum atomic E-state index is 12.5. The van der Waals surface area contributed by atoms with Gasteiger partial charge in [0.2, 0.25) is 10.0 Å². The average molecular weight is 479 g/mol. The number of ether oxygens (including phenoxy) is 1. The summed E-state index contributed by atoms with van der Waals surface area (Å²) in [6.45, 7) is 1.71. The normalized spacial score (nSPS) is 11.2. The van der Waals surface area contributed by atoms with Gasteiger partial charge in [0.15, 0.2) is 6.61 Å². The zero-order chi connectivity index (χ0) is 22.4. The largest absolute Gasteiger partial charge is 0.482 e. The van der Waals surface area contributed by atoms with Gasteiger partial charge >= 0.3 is 0 Å². The van der Waals surface area contributed by atoms with Crippen LogP contribution in [-0.2, 0) is 21.4 Å². The topological polar surface area (TPSA) is 84.5 Å². The highest BCUT2D eigenvalue weighted by molar-refractivity contribution is 7.89. The fourth-order valence-electron chi connectivity index (χ4n) is 2.63. The summed E-state index contributed by atoms with van der Waals surface area (Å²) >= 11 is 12.2. The van der Waals surface area contributed by atoms with Crippen molar-refractivity contribution in [3.05, 3.63) is 87.9 Å². The molecule has 0 spiro atoms. The van der Waals surface area contributed by atoms with Gasteiger partial charge in [0, 0.05) is 17.3 Å². The standard InChI is InChI=1S/C22H20Cl2N2O4S/c1-15-7-8-17(11-19(15)23)26-22(27)14-30-21-10-9-18(12-20(21)24)31(28,29)25-13-16-5-3-2-4-6-16/h2-12,25H,13-14H2,1H3,(H,26,27). The number of halogens is 2. The quantitative estimate of drug-likeness (QED) is 0.486. The zero-order valence-corrected chi connectivity index (χ0v) is 18.9. The molecule has 6 nitrogen and oxygen atoms in total. The maximum absolute atomic E-state index is 12.5. The van der Waals surface area contributed by atoms with Crippen molar-refractivity contribution < 1.29 is 17.9 Å². The molecule has 0 saturated carbocycles. The second-order valence-electron chi connectivity index (χ2n) is 6.70. The Balaban J connectivity index is 1.59. The van der Waals surface area contributed by atoms with Gasteiger partial charge in [-0.05, 0) is 48.4 Å². The molecule has 3 aromatic carbocycles. The van der Waals surface area contributed by atoms with E-state index in [0.29, 0.717) is 10.7 Å². The Kier molecular flexibility index (Phi) is 7.56. The first-order valence-corrected chi connectivity index (χ1v) is 11.5. The molecular weight excluding hydrogens is 459 g/mol. The Morgan fingerprint density at radius 3 is 2.39 bits per heavy atom. The lowest BCUT2D eigenvalue weighted by molar-refractivity contribution is -0.118. The summed E-state index contributed by atoms with van der Waals surface area (Å²) in [6, 6.07) is 18.4. The van der Waals surface area contributed by atoms with E-state index in [-0.39, 0.29) is 28.8 Å². The van der Waals surface area contributed by atoms with E-state index in [1.807, 2.05) is 37.3 Å². The highest BCUT2D eigenvalue weighted by atomic mass is 35.5. The van der Waals surface area contributed by atoms with Crippen molar-refractivity contribution in [2.75, 3.05) is 11.9 Å². The Bertz CT molecular complexity index is 1190. The van der Waals surface area contributed by atoms with Crippen LogP contribution in [0.25, 0.3) is 0 Å². The molecule has 0 aliphatic carbocycles. The molecule has 162 valence electrons. The van der Waals surface area contributed by atoms with Crippen molar-refractivity contribution in [1.82, 2.24) is 4.72 Å². The van der Waals surface area contributed by atoms with Gasteiger partial charge in [0.1, 0.15) is 5.75 Å². The Morgan fingerprint density at radius 2 is 1.71 bits per heavy atom. The van der Waals surface area contributed by atoms with Crippen molar-refractivity contribution >= 4 is 44.8 Å². The third-order valence-electron chi connectivity index (χ3n) is 4.34. The van der Waals surface area contributed by atoms with Crippen molar-refractivity contribution in [3.8, 4) is 5.75 Å². The number of hydrogen-bond acceptors (Lipinski definition) is 4. The number of carbonyl (C=O) groups excluding carboxylic acids is 1. The molecule has 3 aromatic rings. The average Bonchev–Trinajstić information content (AvgIpc) is 2.75. The van der Waals surface area contributed by atoms with E-state index in [1.54, 1.807) is 18.2 Å². The van der Waals surface area contributed by atoms with Gasteiger partial charge in [-0.25, -0.2) is 13.1 Å². The number of nitrogens with one attached hydrogen (secondary N) is 2. The van der Waals surface area contributed by atoms with Crippen LogP contribution < -0.4 is 14.8 Å². The van der Waals surface area contributed by atoms with E-state index < -0.39 is 15.9 Å². The number of amides is 1. The third-order valence-corrected chi connectivity index (χ3v) is 6.44. The van der Waals surface area contributed by atoms with Crippen LogP contribution in [0, 0.1) is 6.92 Å². The van der Waals surface area contributed by atoms with E-state index in [4.69, 9.17) is 27.9 Å². The molecule has 0 aliphatic heterocycles. The molecule has 0 fully saturated rings. The highest BCUT2D eigenvalue weighted by Gasteiger charge is 2.16. The summed E-state index contributed by atoms with van der Waals surface area (Å²) in [7, 11) is -3.76. The molecule has 1 amide bonds. The van der Waals surface area contributed by atoms with E-state index in [0.717, 1.165) is 11.1 Å². The molecule has 0 saturated heterocycles. The summed E-state index contributed by atoms with van der Waals surface area (Å²) in [5.41, 5.74) is 2.27. The van der Waals surface area contributed by atoms with Gasteiger partial charge in [0.25, 0.3) is 5.91 Å². The number of aryl methyl sites for hydroxylation is 1. The molecule has 0 aliphatic rings. The molecule has 3 rings (SSSR count). The maximum Gasteiger partial charge on any atom is 0.262 e. The van der Waals surface area contributed by atoms with E-state index in [1.165, 1.54) is 18.2 Å². The lowest BCUT2D eigenvalue weighted by Crippen LogP contribution is -2.23. The summed E-state index contributed by atoms with van der Waals surface area (Å²) in [6.07, 6.45) is 0. The molecule has 0 heterocycles. The zero-order valence-electron chi connectivity index (χ0n) is 16.6. The SMILES string of the molecule is Cc1ccc(NC(=O)COc2ccc(S(=O)(=O)NCc3ccccc3)cc2Cl)cc1Cl. The summed E-state index contributed by atoms with van der Waals surface area (Å²) in [5, 5.41) is 3.29. The lowest BCUT2D eigenvalue weighted by atomic mass is 10.2. The van der Waals surface area contributed by atoms with Crippen LogP contribution in [0.3, 0.4) is 0 Å². The number of carbonyl (C=O) groups is 1. The van der Waals surface area contributed by atoms with E-state index in [2.05, 4.69) is 10.0 Å². The van der Waals surface area contributed by atoms with Crippen LogP contribution in [0.1, 0.15) is 11.1 Å². The van der Waals surface area contributed by atoms with Gasteiger partial charge in [-0.1, -0.05) is 59.6 Å². The number of anilines is 1. The molecule has 0 aromatic heterocycles. The lowest BCUT2D eigenvalue weighted by Gasteiger charge is -2.11. The molecule has 0 radical (unpaired) electrons. The van der Waals surface area contributed by atoms with Crippen molar-refractivity contribution in [3.63, 3.8) is 0 Å². The van der Waals surface area contributed by atoms with E-state index >= 15 is 0 Å². The molecule has 0 atom stereocenters. The van der Waals surface area contributed by atoms with Crippen molar-refractivity contribution in [1.29, 1.82) is 0 Å². The predicted molar refractivity (Wildman–Crippen MR) is 122 cm³/mol. The van der Waals surface area contributed by atoms with Gasteiger partial charge in [-0.15, -0.1) is 0 Å². The highest BCUT2D eigenvalue weighted by Crippen LogP contribution is 2.27. The summed E-state index contributed by atoms with van der Waals surface area (Å²) < 4.78 is 33.0. The van der Waals surface area contributed by atoms with Crippen LogP contribution in [0.2, 0.25) is 10.0 Å². The third kappa shape index (κ3) is 6.45. The predicted octanol–water partition coefficient (Wildman–Crippen LogP) is 4.80. The van der Waals surface area contributed by atoms with Gasteiger partial charge in [-0.3, -0.25) is 4.79 Å². The minimum Gasteiger partial charge on any atom is -0.482 e. The van der Waals surface area contributed by atoms with Gasteiger partial charge in [-0.2, -0.15) is 0 Å². The second kappa shape index (κ2) is 10.2.